The number of benzene rings is 2. The second-order valence-corrected chi connectivity index (χ2v) is 15.5. The van der Waals surface area contributed by atoms with Crippen molar-refractivity contribution in [3.05, 3.63) is 93.7 Å². The van der Waals surface area contributed by atoms with E-state index >= 15 is 0 Å². The van der Waals surface area contributed by atoms with Crippen molar-refractivity contribution in [2.45, 2.75) is 50.7 Å². The fourth-order valence-electron chi connectivity index (χ4n) is 4.16. The zero-order chi connectivity index (χ0) is 27.4. The van der Waals surface area contributed by atoms with Gasteiger partial charge in [-0.2, -0.15) is 0 Å². The highest BCUT2D eigenvalue weighted by atomic mass is 28.4. The van der Waals surface area contributed by atoms with Crippen LogP contribution in [-0.4, -0.2) is 44.7 Å². The van der Waals surface area contributed by atoms with E-state index in [1.54, 1.807) is 7.05 Å². The van der Waals surface area contributed by atoms with Gasteiger partial charge in [-0.1, -0.05) is 81.4 Å². The lowest BCUT2D eigenvalue weighted by Gasteiger charge is -2.38. The Balaban J connectivity index is 2.30. The Morgan fingerprint density at radius 3 is 1.92 bits per heavy atom. The van der Waals surface area contributed by atoms with Gasteiger partial charge in [-0.3, -0.25) is 9.36 Å². The third kappa shape index (κ3) is 6.02. The quantitative estimate of drug-likeness (QED) is 0.272. The molecule has 0 fully saturated rings. The van der Waals surface area contributed by atoms with Crippen LogP contribution in [0.5, 0.6) is 5.75 Å². The van der Waals surface area contributed by atoms with Crippen molar-refractivity contribution in [2.75, 3.05) is 20.8 Å². The van der Waals surface area contributed by atoms with Crippen LogP contribution in [-0.2, 0) is 16.2 Å². The van der Waals surface area contributed by atoms with E-state index in [-0.39, 0.29) is 28.3 Å². The minimum absolute atomic E-state index is 0.0110. The molecule has 0 aliphatic heterocycles. The Morgan fingerprint density at radius 1 is 0.973 bits per heavy atom. The summed E-state index contributed by atoms with van der Waals surface area (Å²) in [6.45, 7) is 11.3. The Bertz CT molecular complexity index is 1230. The number of esters is 1. The van der Waals surface area contributed by atoms with Crippen LogP contribution in [0, 0.1) is 0 Å². The van der Waals surface area contributed by atoms with Gasteiger partial charge >= 0.3 is 5.97 Å². The molecule has 1 atom stereocenters. The van der Waals surface area contributed by atoms with E-state index in [0.717, 1.165) is 11.1 Å². The molecule has 0 N–H and O–H groups in total. The minimum atomic E-state index is -2.17. The first-order chi connectivity index (χ1) is 17.4. The van der Waals surface area contributed by atoms with Gasteiger partial charge in [-0.15, -0.1) is 0 Å². The van der Waals surface area contributed by atoms with Gasteiger partial charge < -0.3 is 13.9 Å². The van der Waals surface area contributed by atoms with Crippen molar-refractivity contribution in [3.63, 3.8) is 0 Å². The Hall–Kier alpha value is -3.23. The first-order valence-electron chi connectivity index (χ1n) is 12.4. The molecule has 2 aromatic carbocycles. The molecule has 7 nitrogen and oxygen atoms in total. The van der Waals surface area contributed by atoms with Crippen LogP contribution < -0.4 is 10.3 Å². The molecule has 0 radical (unpaired) electrons. The number of carbonyl (C=O) groups excluding carboxylic acids is 1. The molecule has 0 saturated heterocycles. The van der Waals surface area contributed by atoms with Crippen molar-refractivity contribution in [2.24, 2.45) is 7.05 Å². The van der Waals surface area contributed by atoms with Crippen molar-refractivity contribution < 1.29 is 18.7 Å². The van der Waals surface area contributed by atoms with Gasteiger partial charge in [0.25, 0.3) is 5.56 Å². The summed E-state index contributed by atoms with van der Waals surface area (Å²) in [6.07, 6.45) is 0. The van der Waals surface area contributed by atoms with Gasteiger partial charge in [-0.05, 0) is 29.3 Å². The predicted octanol–water partition coefficient (Wildman–Crippen LogP) is 5.51. The zero-order valence-corrected chi connectivity index (χ0v) is 24.1. The Morgan fingerprint density at radius 2 is 1.49 bits per heavy atom. The molecule has 3 aromatic rings. The van der Waals surface area contributed by atoms with E-state index in [2.05, 4.69) is 58.1 Å². The van der Waals surface area contributed by atoms with Crippen molar-refractivity contribution in [1.82, 2.24) is 9.55 Å². The predicted molar refractivity (Wildman–Crippen MR) is 148 cm³/mol. The molecule has 0 saturated carbocycles. The lowest BCUT2D eigenvalue weighted by Crippen LogP contribution is -2.43. The third-order valence-corrected chi connectivity index (χ3v) is 11.8. The van der Waals surface area contributed by atoms with Gasteiger partial charge in [0, 0.05) is 19.6 Å². The number of hydrogen-bond acceptors (Lipinski definition) is 6. The number of ether oxygens (including phenoxy) is 2. The molecule has 1 heterocycles. The summed E-state index contributed by atoms with van der Waals surface area (Å²) < 4.78 is 18.4. The van der Waals surface area contributed by atoms with Crippen molar-refractivity contribution in [1.29, 1.82) is 0 Å². The van der Waals surface area contributed by atoms with Gasteiger partial charge in [0.05, 0.1) is 20.1 Å². The highest BCUT2D eigenvalue weighted by Gasteiger charge is 2.40. The number of nitrogens with zero attached hydrogens (tertiary/aromatic N) is 2. The summed E-state index contributed by atoms with van der Waals surface area (Å²) in [7, 11) is 2.09. The van der Waals surface area contributed by atoms with E-state index < -0.39 is 19.8 Å². The summed E-state index contributed by atoms with van der Waals surface area (Å²) in [4.78, 5) is 30.7. The van der Waals surface area contributed by atoms with Gasteiger partial charge in [0.1, 0.15) is 5.82 Å². The maximum Gasteiger partial charge on any atom is 0.360 e. The summed E-state index contributed by atoms with van der Waals surface area (Å²) >= 11 is 0. The Labute approximate surface area is 220 Å². The average Bonchev–Trinajstić information content (AvgIpc) is 2.88. The van der Waals surface area contributed by atoms with Crippen LogP contribution in [0.1, 0.15) is 60.0 Å². The van der Waals surface area contributed by atoms with Gasteiger partial charge in [0.15, 0.2) is 14.0 Å². The van der Waals surface area contributed by atoms with Crippen LogP contribution >= 0.6 is 0 Å². The lowest BCUT2D eigenvalue weighted by molar-refractivity contribution is 0.0588. The summed E-state index contributed by atoms with van der Waals surface area (Å²) in [5.41, 5.74) is 1.52. The van der Waals surface area contributed by atoms with E-state index in [4.69, 9.17) is 18.9 Å². The Kier molecular flexibility index (Phi) is 8.76. The van der Waals surface area contributed by atoms with Crippen molar-refractivity contribution in [3.8, 4) is 5.75 Å². The molecular formula is C29H38N2O5Si. The monoisotopic (exact) mass is 522 g/mol. The lowest BCUT2D eigenvalue weighted by atomic mass is 9.80. The third-order valence-electron chi connectivity index (χ3n) is 7.35. The molecule has 3 rings (SSSR count). The van der Waals surface area contributed by atoms with Gasteiger partial charge in [0.2, 0.25) is 5.75 Å². The smallest absolute Gasteiger partial charge is 0.360 e. The molecule has 0 aliphatic carbocycles. The number of aromatic nitrogens is 2. The molecule has 0 spiro atoms. The first kappa shape index (κ1) is 28.3. The molecule has 1 unspecified atom stereocenters. The largest absolute Gasteiger partial charge is 0.489 e. The highest BCUT2D eigenvalue weighted by Crippen LogP contribution is 2.42. The molecule has 8 heteroatoms. The van der Waals surface area contributed by atoms with Crippen molar-refractivity contribution >= 4 is 14.3 Å². The highest BCUT2D eigenvalue weighted by molar-refractivity contribution is 6.74. The molecule has 198 valence electrons. The van der Waals surface area contributed by atoms with Crippen LogP contribution in [0.2, 0.25) is 18.1 Å². The number of hydrogen-bond donors (Lipinski definition) is 0. The molecular weight excluding hydrogens is 484 g/mol. The van der Waals surface area contributed by atoms with E-state index in [1.165, 1.54) is 18.8 Å². The molecule has 1 aromatic heterocycles. The standard InChI is InChI=1S/C29H38N2O5Si/c1-29(2,3)37(7,8)36-19-22(23(20-15-11-9-12-16-20)21-17-13-10-14-18-21)26-30-24(28(33)35-6)25(34-5)27(32)31(26)4/h9-18,22-23H,19H2,1-8H3. The van der Waals surface area contributed by atoms with Crippen LogP contribution in [0.15, 0.2) is 65.5 Å². The maximum atomic E-state index is 13.4. The fourth-order valence-corrected chi connectivity index (χ4v) is 5.19. The van der Waals surface area contributed by atoms with E-state index in [1.807, 2.05) is 36.4 Å². The summed E-state index contributed by atoms with van der Waals surface area (Å²) in [6, 6.07) is 20.2. The maximum absolute atomic E-state index is 13.4. The summed E-state index contributed by atoms with van der Waals surface area (Å²) in [5, 5.41) is -0.0110. The van der Waals surface area contributed by atoms with E-state index in [9.17, 15) is 9.59 Å². The molecule has 37 heavy (non-hydrogen) atoms. The SMILES string of the molecule is COC(=O)c1nc(C(CO[Si](C)(C)C(C)(C)C)C(c2ccccc2)c2ccccc2)n(C)c(=O)c1OC. The minimum Gasteiger partial charge on any atom is -0.489 e. The fraction of sp³-hybridized carbons (Fsp3) is 0.414. The first-order valence-corrected chi connectivity index (χ1v) is 15.3. The van der Waals surface area contributed by atoms with Crippen LogP contribution in [0.3, 0.4) is 0 Å². The molecule has 0 bridgehead atoms. The number of carbonyl (C=O) groups is 1. The molecule has 0 amide bonds. The van der Waals surface area contributed by atoms with Crippen LogP contribution in [0.25, 0.3) is 0 Å². The number of methoxy groups -OCH3 is 2. The average molecular weight is 523 g/mol. The topological polar surface area (TPSA) is 79.7 Å². The molecule has 0 aliphatic rings. The normalized spacial score (nSPS) is 12.9. The zero-order valence-electron chi connectivity index (χ0n) is 23.1. The second kappa shape index (κ2) is 11.4. The van der Waals surface area contributed by atoms with E-state index in [0.29, 0.717) is 12.4 Å². The summed E-state index contributed by atoms with van der Waals surface area (Å²) in [5.74, 6) is -1.01. The van der Waals surface area contributed by atoms with Crippen LogP contribution in [0.4, 0.5) is 0 Å². The number of rotatable bonds is 9. The van der Waals surface area contributed by atoms with Gasteiger partial charge in [-0.25, -0.2) is 9.78 Å². The second-order valence-electron chi connectivity index (χ2n) is 10.7.